The second-order valence-electron chi connectivity index (χ2n) is 6.84. The van der Waals surface area contributed by atoms with Crippen LogP contribution in [0.2, 0.25) is 0 Å². The summed E-state index contributed by atoms with van der Waals surface area (Å²) in [6.45, 7) is 3.34. The minimum atomic E-state index is 0. The topological polar surface area (TPSA) is 33.1 Å². The molecule has 1 saturated heterocycles. The van der Waals surface area contributed by atoms with Crippen LogP contribution in [0.1, 0.15) is 36.2 Å². The highest BCUT2D eigenvalue weighted by molar-refractivity contribution is 5.85. The lowest BCUT2D eigenvalue weighted by atomic mass is 10.1. The van der Waals surface area contributed by atoms with Crippen LogP contribution in [0.25, 0.3) is 5.69 Å². The first-order valence-corrected chi connectivity index (χ1v) is 8.90. The number of aromatic nitrogens is 2. The molecule has 1 atom stereocenters. The van der Waals surface area contributed by atoms with Gasteiger partial charge in [0.1, 0.15) is 0 Å². The highest BCUT2D eigenvalue weighted by atomic mass is 35.5. The quantitative estimate of drug-likeness (QED) is 0.924. The minimum Gasteiger partial charge on any atom is -0.316 e. The first kappa shape index (κ1) is 17.5. The second-order valence-corrected chi connectivity index (χ2v) is 6.84. The normalized spacial score (nSPS) is 20.6. The van der Waals surface area contributed by atoms with E-state index in [1.54, 1.807) is 0 Å². The van der Waals surface area contributed by atoms with Crippen LogP contribution in [0.5, 0.6) is 0 Å². The van der Waals surface area contributed by atoms with Crippen LogP contribution in [-0.4, -0.2) is 40.9 Å². The van der Waals surface area contributed by atoms with E-state index in [4.69, 9.17) is 5.10 Å². The molecular formula is C19H27ClN4. The number of piperidine rings is 1. The molecule has 1 N–H and O–H groups in total. The van der Waals surface area contributed by atoms with E-state index in [9.17, 15) is 0 Å². The van der Waals surface area contributed by atoms with Crippen LogP contribution in [0.15, 0.2) is 30.3 Å². The maximum atomic E-state index is 5.00. The van der Waals surface area contributed by atoms with Crippen molar-refractivity contribution in [2.75, 3.05) is 20.1 Å². The van der Waals surface area contributed by atoms with Crippen LogP contribution in [0.4, 0.5) is 0 Å². The van der Waals surface area contributed by atoms with Crippen molar-refractivity contribution in [3.05, 3.63) is 47.3 Å². The molecule has 130 valence electrons. The summed E-state index contributed by atoms with van der Waals surface area (Å²) in [6.07, 6.45) is 6.21. The van der Waals surface area contributed by atoms with Gasteiger partial charge in [-0.25, -0.2) is 4.68 Å². The number of fused-ring (bicyclic) bond motifs is 1. The van der Waals surface area contributed by atoms with Crippen molar-refractivity contribution < 1.29 is 0 Å². The Morgan fingerprint density at radius 1 is 1.17 bits per heavy atom. The number of nitrogens with one attached hydrogen (secondary N) is 1. The summed E-state index contributed by atoms with van der Waals surface area (Å²) in [4.78, 5) is 2.57. The zero-order valence-electron chi connectivity index (χ0n) is 14.4. The largest absolute Gasteiger partial charge is 0.316 e. The van der Waals surface area contributed by atoms with E-state index in [1.165, 1.54) is 54.9 Å². The van der Waals surface area contributed by atoms with Crippen molar-refractivity contribution >= 4 is 12.4 Å². The average molecular weight is 347 g/mol. The molecule has 2 aliphatic rings. The predicted octanol–water partition coefficient (Wildman–Crippen LogP) is 2.97. The third kappa shape index (κ3) is 3.37. The fraction of sp³-hybridized carbons (Fsp3) is 0.526. The molecule has 1 unspecified atom stereocenters. The standard InChI is InChI=1S/C19H26N4.ClH/c1-20-15-7-6-12-22(13-15)14-18-17-10-5-11-19(17)23(21-18)16-8-3-2-4-9-16;/h2-4,8-9,15,20H,5-7,10-14H2,1H3;1H. The van der Waals surface area contributed by atoms with Crippen molar-refractivity contribution in [2.24, 2.45) is 0 Å². The Hall–Kier alpha value is -1.36. The molecule has 1 aromatic carbocycles. The Labute approximate surface area is 150 Å². The summed E-state index contributed by atoms with van der Waals surface area (Å²) in [5.41, 5.74) is 5.45. The van der Waals surface area contributed by atoms with Crippen molar-refractivity contribution in [3.63, 3.8) is 0 Å². The molecule has 1 aromatic heterocycles. The first-order valence-electron chi connectivity index (χ1n) is 8.90. The molecule has 1 aliphatic carbocycles. The van der Waals surface area contributed by atoms with Gasteiger partial charge in [0.2, 0.25) is 0 Å². The SMILES string of the molecule is CNC1CCCN(Cc2nn(-c3ccccc3)c3c2CCC3)C1.Cl. The van der Waals surface area contributed by atoms with Gasteiger partial charge >= 0.3 is 0 Å². The van der Waals surface area contributed by atoms with Gasteiger partial charge in [0.25, 0.3) is 0 Å². The molecule has 5 heteroatoms. The third-order valence-electron chi connectivity index (χ3n) is 5.30. The van der Waals surface area contributed by atoms with Gasteiger partial charge in [0.05, 0.1) is 11.4 Å². The van der Waals surface area contributed by atoms with Gasteiger partial charge in [0.15, 0.2) is 0 Å². The zero-order valence-corrected chi connectivity index (χ0v) is 15.2. The fourth-order valence-corrected chi connectivity index (χ4v) is 4.07. The molecule has 2 aromatic rings. The van der Waals surface area contributed by atoms with E-state index in [-0.39, 0.29) is 12.4 Å². The lowest BCUT2D eigenvalue weighted by Crippen LogP contribution is -2.44. The summed E-state index contributed by atoms with van der Waals surface area (Å²) in [6, 6.07) is 11.2. The molecule has 0 spiro atoms. The Morgan fingerprint density at radius 3 is 2.79 bits per heavy atom. The maximum absolute atomic E-state index is 5.00. The summed E-state index contributed by atoms with van der Waals surface area (Å²) in [7, 11) is 2.08. The van der Waals surface area contributed by atoms with E-state index in [1.807, 2.05) is 0 Å². The van der Waals surface area contributed by atoms with Gasteiger partial charge in [-0.2, -0.15) is 5.10 Å². The van der Waals surface area contributed by atoms with E-state index >= 15 is 0 Å². The van der Waals surface area contributed by atoms with Gasteiger partial charge < -0.3 is 5.32 Å². The van der Waals surface area contributed by atoms with Crippen LogP contribution in [-0.2, 0) is 19.4 Å². The Balaban J connectivity index is 0.00000169. The van der Waals surface area contributed by atoms with E-state index in [0.29, 0.717) is 6.04 Å². The monoisotopic (exact) mass is 346 g/mol. The maximum Gasteiger partial charge on any atom is 0.0804 e. The number of rotatable bonds is 4. The van der Waals surface area contributed by atoms with Crippen LogP contribution < -0.4 is 5.32 Å². The zero-order chi connectivity index (χ0) is 15.6. The predicted molar refractivity (Wildman–Crippen MR) is 100 cm³/mol. The smallest absolute Gasteiger partial charge is 0.0804 e. The second kappa shape index (κ2) is 7.68. The molecule has 1 fully saturated rings. The minimum absolute atomic E-state index is 0. The molecule has 0 saturated carbocycles. The Morgan fingerprint density at radius 2 is 2.00 bits per heavy atom. The molecule has 2 heterocycles. The number of nitrogens with zero attached hydrogens (tertiary/aromatic N) is 3. The lowest BCUT2D eigenvalue weighted by molar-refractivity contribution is 0.185. The number of halogens is 1. The molecule has 1 aliphatic heterocycles. The van der Waals surface area contributed by atoms with Crippen molar-refractivity contribution in [3.8, 4) is 5.69 Å². The highest BCUT2D eigenvalue weighted by Crippen LogP contribution is 2.29. The number of para-hydroxylation sites is 1. The van der Waals surface area contributed by atoms with Crippen LogP contribution >= 0.6 is 12.4 Å². The number of benzene rings is 1. The van der Waals surface area contributed by atoms with E-state index < -0.39 is 0 Å². The number of likely N-dealkylation sites (N-methyl/N-ethyl adjacent to an activating group) is 1. The average Bonchev–Trinajstić information content (AvgIpc) is 3.20. The summed E-state index contributed by atoms with van der Waals surface area (Å²) >= 11 is 0. The molecular weight excluding hydrogens is 320 g/mol. The van der Waals surface area contributed by atoms with Crippen molar-refractivity contribution in [1.29, 1.82) is 0 Å². The van der Waals surface area contributed by atoms with Gasteiger partial charge in [-0.3, -0.25) is 4.90 Å². The van der Waals surface area contributed by atoms with Gasteiger partial charge in [-0.05, 0) is 63.4 Å². The molecule has 24 heavy (non-hydrogen) atoms. The Bertz CT molecular complexity index is 668. The van der Waals surface area contributed by atoms with Crippen molar-refractivity contribution in [2.45, 2.75) is 44.7 Å². The summed E-state index contributed by atoms with van der Waals surface area (Å²) in [5, 5.41) is 8.44. The van der Waals surface area contributed by atoms with Gasteiger partial charge in [0, 0.05) is 24.8 Å². The van der Waals surface area contributed by atoms with Gasteiger partial charge in [-0.1, -0.05) is 18.2 Å². The van der Waals surface area contributed by atoms with Crippen molar-refractivity contribution in [1.82, 2.24) is 20.0 Å². The number of likely N-dealkylation sites (tertiary alicyclic amines) is 1. The van der Waals surface area contributed by atoms with E-state index in [2.05, 4.69) is 52.3 Å². The Kier molecular flexibility index (Phi) is 5.59. The molecule has 0 bridgehead atoms. The first-order chi connectivity index (χ1) is 11.3. The fourth-order valence-electron chi connectivity index (χ4n) is 4.07. The lowest BCUT2D eigenvalue weighted by Gasteiger charge is -2.32. The summed E-state index contributed by atoms with van der Waals surface area (Å²) in [5.74, 6) is 0. The number of hydrogen-bond donors (Lipinski definition) is 1. The molecule has 0 radical (unpaired) electrons. The molecule has 4 nitrogen and oxygen atoms in total. The molecule has 4 rings (SSSR count). The van der Waals surface area contributed by atoms with Crippen LogP contribution in [0.3, 0.4) is 0 Å². The van der Waals surface area contributed by atoms with E-state index in [0.717, 1.165) is 19.5 Å². The number of hydrogen-bond acceptors (Lipinski definition) is 3. The van der Waals surface area contributed by atoms with Crippen LogP contribution in [0, 0.1) is 0 Å². The molecule has 0 amide bonds. The van der Waals surface area contributed by atoms with Gasteiger partial charge in [-0.15, -0.1) is 12.4 Å². The highest BCUT2D eigenvalue weighted by Gasteiger charge is 2.26. The summed E-state index contributed by atoms with van der Waals surface area (Å²) < 4.78 is 2.19. The third-order valence-corrected chi connectivity index (χ3v) is 5.30.